The number of carbonyl (C=O) groups excluding carboxylic acids is 1. The van der Waals surface area contributed by atoms with E-state index in [0.717, 1.165) is 38.7 Å². The molecule has 0 atom stereocenters. The van der Waals surface area contributed by atoms with Gasteiger partial charge in [0.25, 0.3) is 0 Å². The molecule has 0 unspecified atom stereocenters. The Kier molecular flexibility index (Phi) is 8.72. The van der Waals surface area contributed by atoms with Gasteiger partial charge in [-0.15, -0.1) is 0 Å². The van der Waals surface area contributed by atoms with Crippen molar-refractivity contribution < 1.29 is 14.3 Å². The second-order valence-corrected chi connectivity index (χ2v) is 4.91. The van der Waals surface area contributed by atoms with Crippen LogP contribution in [0.1, 0.15) is 55.5 Å². The number of aryl methyl sites for hydroxylation is 1. The van der Waals surface area contributed by atoms with Gasteiger partial charge in [-0.05, 0) is 37.0 Å². The molecule has 0 spiro atoms. The molecule has 0 heterocycles. The van der Waals surface area contributed by atoms with Gasteiger partial charge in [-0.3, -0.25) is 0 Å². The number of carbonyl (C=O) groups is 1. The Morgan fingerprint density at radius 3 is 2.60 bits per heavy atom. The first-order valence-corrected chi connectivity index (χ1v) is 7.61. The van der Waals surface area contributed by atoms with Crippen LogP contribution >= 0.6 is 0 Å². The molecule has 112 valence electrons. The lowest BCUT2D eigenvalue weighted by molar-refractivity contribution is 0.0313. The van der Waals surface area contributed by atoms with E-state index in [0.29, 0.717) is 18.8 Å². The number of rotatable bonds is 10. The molecule has 1 aromatic carbocycles. The van der Waals surface area contributed by atoms with E-state index in [2.05, 4.69) is 19.9 Å². The molecule has 0 aliphatic rings. The largest absolute Gasteiger partial charge is 0.460 e. The summed E-state index contributed by atoms with van der Waals surface area (Å²) >= 11 is 0. The average molecular weight is 278 g/mol. The molecule has 0 radical (unpaired) electrons. The van der Waals surface area contributed by atoms with Gasteiger partial charge in [0.05, 0.1) is 12.2 Å². The van der Waals surface area contributed by atoms with Gasteiger partial charge in [0.2, 0.25) is 0 Å². The maximum Gasteiger partial charge on any atom is 0.338 e. The lowest BCUT2D eigenvalue weighted by Crippen LogP contribution is -2.11. The van der Waals surface area contributed by atoms with Crippen molar-refractivity contribution in [1.29, 1.82) is 0 Å². The van der Waals surface area contributed by atoms with Crippen molar-refractivity contribution in [1.82, 2.24) is 0 Å². The average Bonchev–Trinajstić information content (AvgIpc) is 2.48. The Morgan fingerprint density at radius 2 is 1.85 bits per heavy atom. The summed E-state index contributed by atoms with van der Waals surface area (Å²) < 4.78 is 10.6. The van der Waals surface area contributed by atoms with Crippen molar-refractivity contribution in [3.63, 3.8) is 0 Å². The highest BCUT2D eigenvalue weighted by atomic mass is 16.6. The van der Waals surface area contributed by atoms with Gasteiger partial charge in [0.15, 0.2) is 0 Å². The zero-order chi connectivity index (χ0) is 14.6. The van der Waals surface area contributed by atoms with Gasteiger partial charge in [-0.1, -0.05) is 38.8 Å². The van der Waals surface area contributed by atoms with Crippen LogP contribution < -0.4 is 0 Å². The molecule has 0 N–H and O–H groups in total. The summed E-state index contributed by atoms with van der Waals surface area (Å²) in [5, 5.41) is 0. The van der Waals surface area contributed by atoms with E-state index in [4.69, 9.17) is 9.47 Å². The Hall–Kier alpha value is -1.35. The van der Waals surface area contributed by atoms with Crippen molar-refractivity contribution in [2.24, 2.45) is 0 Å². The molecule has 20 heavy (non-hydrogen) atoms. The third kappa shape index (κ3) is 6.71. The monoisotopic (exact) mass is 278 g/mol. The summed E-state index contributed by atoms with van der Waals surface area (Å²) in [6.45, 7) is 5.81. The third-order valence-electron chi connectivity index (χ3n) is 3.08. The number of ether oxygens (including phenoxy) is 2. The van der Waals surface area contributed by atoms with Gasteiger partial charge in [0.1, 0.15) is 6.61 Å². The maximum atomic E-state index is 11.9. The fourth-order valence-corrected chi connectivity index (χ4v) is 1.86. The molecule has 1 rings (SSSR count). The van der Waals surface area contributed by atoms with Crippen molar-refractivity contribution in [2.75, 3.05) is 19.8 Å². The Bertz CT molecular complexity index is 388. The van der Waals surface area contributed by atoms with Crippen LogP contribution in [0.2, 0.25) is 0 Å². The summed E-state index contributed by atoms with van der Waals surface area (Å²) in [4.78, 5) is 11.9. The minimum absolute atomic E-state index is 0.262. The second kappa shape index (κ2) is 10.4. The molecule has 0 aromatic heterocycles. The van der Waals surface area contributed by atoms with Gasteiger partial charge >= 0.3 is 5.97 Å². The Morgan fingerprint density at radius 1 is 1.05 bits per heavy atom. The molecule has 0 bridgehead atoms. The van der Waals surface area contributed by atoms with Crippen LogP contribution in [-0.2, 0) is 15.9 Å². The van der Waals surface area contributed by atoms with E-state index in [1.807, 2.05) is 12.1 Å². The van der Waals surface area contributed by atoms with Crippen LogP contribution in [0.3, 0.4) is 0 Å². The molecule has 1 aromatic rings. The molecule has 0 amide bonds. The zero-order valence-corrected chi connectivity index (χ0v) is 12.7. The molecule has 3 heteroatoms. The summed E-state index contributed by atoms with van der Waals surface area (Å²) in [6, 6.07) is 7.70. The molecule has 0 fully saturated rings. The molecular weight excluding hydrogens is 252 g/mol. The van der Waals surface area contributed by atoms with Crippen molar-refractivity contribution in [2.45, 2.75) is 46.0 Å². The maximum absolute atomic E-state index is 11.9. The van der Waals surface area contributed by atoms with Gasteiger partial charge in [-0.2, -0.15) is 0 Å². The van der Waals surface area contributed by atoms with E-state index in [-0.39, 0.29) is 5.97 Å². The van der Waals surface area contributed by atoms with E-state index in [1.165, 1.54) is 5.56 Å². The van der Waals surface area contributed by atoms with E-state index in [1.54, 1.807) is 6.07 Å². The first kappa shape index (κ1) is 16.7. The Balaban J connectivity index is 2.31. The molecule has 0 aliphatic carbocycles. The molecule has 3 nitrogen and oxygen atoms in total. The van der Waals surface area contributed by atoms with Crippen LogP contribution in [0.25, 0.3) is 0 Å². The molecule has 0 saturated heterocycles. The van der Waals surface area contributed by atoms with Crippen LogP contribution in [0.4, 0.5) is 0 Å². The fraction of sp³-hybridized carbons (Fsp3) is 0.588. The van der Waals surface area contributed by atoms with Crippen LogP contribution in [-0.4, -0.2) is 25.8 Å². The zero-order valence-electron chi connectivity index (χ0n) is 12.7. The van der Waals surface area contributed by atoms with Gasteiger partial charge in [-0.25, -0.2) is 4.79 Å². The quantitative estimate of drug-likeness (QED) is 0.479. The summed E-state index contributed by atoms with van der Waals surface area (Å²) in [5.74, 6) is -0.262. The normalized spacial score (nSPS) is 10.5. The lowest BCUT2D eigenvalue weighted by atomic mass is 10.1. The predicted octanol–water partition coefficient (Wildman–Crippen LogP) is 4.00. The van der Waals surface area contributed by atoms with Crippen LogP contribution in [0.5, 0.6) is 0 Å². The smallest absolute Gasteiger partial charge is 0.338 e. The van der Waals surface area contributed by atoms with E-state index < -0.39 is 0 Å². The first-order chi connectivity index (χ1) is 9.77. The highest BCUT2D eigenvalue weighted by molar-refractivity contribution is 5.89. The SMILES string of the molecule is CCCCOCCOC(=O)c1cccc(CCCC)c1. The van der Waals surface area contributed by atoms with Crippen molar-refractivity contribution in [3.05, 3.63) is 35.4 Å². The number of benzene rings is 1. The van der Waals surface area contributed by atoms with Gasteiger partial charge < -0.3 is 9.47 Å². The third-order valence-corrected chi connectivity index (χ3v) is 3.08. The number of esters is 1. The molecule has 0 aliphatic heterocycles. The topological polar surface area (TPSA) is 35.5 Å². The van der Waals surface area contributed by atoms with E-state index in [9.17, 15) is 4.79 Å². The highest BCUT2D eigenvalue weighted by Crippen LogP contribution is 2.10. The summed E-state index contributed by atoms with van der Waals surface area (Å²) in [6.07, 6.45) is 5.48. The highest BCUT2D eigenvalue weighted by Gasteiger charge is 2.07. The van der Waals surface area contributed by atoms with Crippen LogP contribution in [0, 0.1) is 0 Å². The fourth-order valence-electron chi connectivity index (χ4n) is 1.86. The lowest BCUT2D eigenvalue weighted by Gasteiger charge is -2.07. The van der Waals surface area contributed by atoms with E-state index >= 15 is 0 Å². The molecular formula is C17H26O3. The standard InChI is InChI=1S/C17H26O3/c1-3-5-8-15-9-7-10-16(14-15)17(18)20-13-12-19-11-6-4-2/h7,9-10,14H,3-6,8,11-13H2,1-2H3. The summed E-state index contributed by atoms with van der Waals surface area (Å²) in [7, 11) is 0. The minimum Gasteiger partial charge on any atom is -0.460 e. The number of hydrogen-bond acceptors (Lipinski definition) is 3. The Labute approximate surface area is 122 Å². The van der Waals surface area contributed by atoms with Crippen molar-refractivity contribution >= 4 is 5.97 Å². The van der Waals surface area contributed by atoms with Gasteiger partial charge in [0, 0.05) is 6.61 Å². The van der Waals surface area contributed by atoms with Crippen LogP contribution in [0.15, 0.2) is 24.3 Å². The summed E-state index contributed by atoms with van der Waals surface area (Å²) in [5.41, 5.74) is 1.83. The number of hydrogen-bond donors (Lipinski definition) is 0. The predicted molar refractivity (Wildman–Crippen MR) is 81.1 cm³/mol. The molecule has 0 saturated carbocycles. The first-order valence-electron chi connectivity index (χ1n) is 7.61. The number of unbranched alkanes of at least 4 members (excludes halogenated alkanes) is 2. The second-order valence-electron chi connectivity index (χ2n) is 4.91. The minimum atomic E-state index is -0.262. The van der Waals surface area contributed by atoms with Crippen molar-refractivity contribution in [3.8, 4) is 0 Å².